The maximum absolute atomic E-state index is 12.2. The fourth-order valence-corrected chi connectivity index (χ4v) is 2.89. The number of anilines is 1. The summed E-state index contributed by atoms with van der Waals surface area (Å²) < 4.78 is 1.43. The number of nitrogens with one attached hydrogen (secondary N) is 1. The van der Waals surface area contributed by atoms with Crippen LogP contribution in [0.2, 0.25) is 0 Å². The Morgan fingerprint density at radius 3 is 3.09 bits per heavy atom. The topological polar surface area (TPSA) is 87.8 Å². The molecule has 3 aromatic rings. The Hall–Kier alpha value is -2.98. The Balaban J connectivity index is 1.67. The van der Waals surface area contributed by atoms with Gasteiger partial charge in [0.25, 0.3) is 5.56 Å². The summed E-state index contributed by atoms with van der Waals surface area (Å²) in [6.45, 7) is 0.251. The van der Waals surface area contributed by atoms with Gasteiger partial charge in [0, 0.05) is 18.7 Å². The number of benzene rings is 1. The molecule has 1 N–H and O–H groups in total. The van der Waals surface area contributed by atoms with E-state index in [9.17, 15) is 9.59 Å². The minimum Gasteiger partial charge on any atom is -0.326 e. The van der Waals surface area contributed by atoms with Crippen molar-refractivity contribution in [2.75, 3.05) is 5.32 Å². The van der Waals surface area contributed by atoms with E-state index in [1.54, 1.807) is 30.3 Å². The Morgan fingerprint density at radius 2 is 2.26 bits per heavy atom. The van der Waals surface area contributed by atoms with Crippen LogP contribution in [0.3, 0.4) is 0 Å². The van der Waals surface area contributed by atoms with Gasteiger partial charge in [-0.25, -0.2) is 4.98 Å². The van der Waals surface area contributed by atoms with Crippen LogP contribution in [-0.2, 0) is 11.3 Å². The molecule has 0 aliphatic heterocycles. The molecule has 7 heteroatoms. The number of amides is 1. The summed E-state index contributed by atoms with van der Waals surface area (Å²) >= 11 is 1.41. The largest absolute Gasteiger partial charge is 0.326 e. The number of carbonyl (C=O) groups excluding carboxylic acids is 1. The molecule has 3 rings (SSSR count). The van der Waals surface area contributed by atoms with Gasteiger partial charge in [-0.1, -0.05) is 6.07 Å². The number of nitrogens with zero attached hydrogens (tertiary/aromatic N) is 3. The summed E-state index contributed by atoms with van der Waals surface area (Å²) in [5.74, 6) is -0.225. The summed E-state index contributed by atoms with van der Waals surface area (Å²) in [5, 5.41) is 13.9. The lowest BCUT2D eigenvalue weighted by molar-refractivity contribution is -0.116. The summed E-state index contributed by atoms with van der Waals surface area (Å²) in [6, 6.07) is 10.4. The number of aryl methyl sites for hydroxylation is 1. The van der Waals surface area contributed by atoms with Gasteiger partial charge >= 0.3 is 0 Å². The Bertz CT molecular complexity index is 968. The van der Waals surface area contributed by atoms with E-state index >= 15 is 0 Å². The summed E-state index contributed by atoms with van der Waals surface area (Å²) in [5.41, 5.74) is 0.898. The van der Waals surface area contributed by atoms with E-state index < -0.39 is 0 Å². The van der Waals surface area contributed by atoms with Gasteiger partial charge in [-0.15, -0.1) is 11.3 Å². The highest BCUT2D eigenvalue weighted by Crippen LogP contribution is 2.13. The van der Waals surface area contributed by atoms with Crippen LogP contribution in [0, 0.1) is 11.3 Å². The number of nitriles is 1. The molecule has 0 unspecified atom stereocenters. The molecule has 6 nitrogen and oxygen atoms in total. The third-order valence-electron chi connectivity index (χ3n) is 3.31. The molecule has 0 saturated carbocycles. The first kappa shape index (κ1) is 14.9. The lowest BCUT2D eigenvalue weighted by atomic mass is 10.2. The van der Waals surface area contributed by atoms with Crippen LogP contribution in [-0.4, -0.2) is 15.5 Å². The average Bonchev–Trinajstić information content (AvgIpc) is 3.04. The SMILES string of the molecule is N#Cc1cccc(NC(=O)CCn2cnc3sccc3c2=O)c1. The lowest BCUT2D eigenvalue weighted by Crippen LogP contribution is -2.23. The van der Waals surface area contributed by atoms with Crippen molar-refractivity contribution in [1.29, 1.82) is 5.26 Å². The van der Waals surface area contributed by atoms with Gasteiger partial charge in [0.2, 0.25) is 5.91 Å². The molecule has 2 heterocycles. The van der Waals surface area contributed by atoms with Crippen LogP contribution < -0.4 is 10.9 Å². The van der Waals surface area contributed by atoms with E-state index in [4.69, 9.17) is 5.26 Å². The third kappa shape index (κ3) is 3.27. The van der Waals surface area contributed by atoms with Crippen molar-refractivity contribution in [1.82, 2.24) is 9.55 Å². The van der Waals surface area contributed by atoms with Gasteiger partial charge < -0.3 is 5.32 Å². The minimum atomic E-state index is -0.225. The van der Waals surface area contributed by atoms with Gasteiger partial charge in [-0.05, 0) is 29.6 Å². The number of carbonyl (C=O) groups is 1. The maximum atomic E-state index is 12.2. The highest BCUT2D eigenvalue weighted by molar-refractivity contribution is 7.16. The number of fused-ring (bicyclic) bond motifs is 1. The molecule has 0 aliphatic carbocycles. The zero-order chi connectivity index (χ0) is 16.2. The first-order valence-electron chi connectivity index (χ1n) is 6.90. The second kappa shape index (κ2) is 6.42. The molecule has 1 aromatic carbocycles. The molecule has 1 amide bonds. The zero-order valence-electron chi connectivity index (χ0n) is 12.0. The summed E-state index contributed by atoms with van der Waals surface area (Å²) in [6.07, 6.45) is 1.61. The predicted molar refractivity (Wildman–Crippen MR) is 88.3 cm³/mol. The summed E-state index contributed by atoms with van der Waals surface area (Å²) in [7, 11) is 0. The van der Waals surface area contributed by atoms with E-state index in [-0.39, 0.29) is 24.4 Å². The highest BCUT2D eigenvalue weighted by atomic mass is 32.1. The number of hydrogen-bond donors (Lipinski definition) is 1. The maximum Gasteiger partial charge on any atom is 0.262 e. The quantitative estimate of drug-likeness (QED) is 0.798. The standard InChI is InChI=1S/C16H12N4O2S/c17-9-11-2-1-3-12(8-11)19-14(21)4-6-20-10-18-15-13(16(20)22)5-7-23-15/h1-3,5,7-8,10H,4,6H2,(H,19,21). The summed E-state index contributed by atoms with van der Waals surface area (Å²) in [4.78, 5) is 29.1. The molecule has 0 radical (unpaired) electrons. The Labute approximate surface area is 135 Å². The second-order valence-electron chi connectivity index (χ2n) is 4.87. The number of rotatable bonds is 4. The molecule has 0 aliphatic rings. The minimum absolute atomic E-state index is 0.143. The second-order valence-corrected chi connectivity index (χ2v) is 5.77. The van der Waals surface area contributed by atoms with Gasteiger partial charge in [-0.2, -0.15) is 5.26 Å². The normalized spacial score (nSPS) is 10.4. The van der Waals surface area contributed by atoms with Crippen molar-refractivity contribution in [3.63, 3.8) is 0 Å². The smallest absolute Gasteiger partial charge is 0.262 e. The molecular weight excluding hydrogens is 312 g/mol. The molecular formula is C16H12N4O2S. The van der Waals surface area contributed by atoms with Gasteiger partial charge in [-0.3, -0.25) is 14.2 Å². The monoisotopic (exact) mass is 324 g/mol. The van der Waals surface area contributed by atoms with Crippen LogP contribution in [0.4, 0.5) is 5.69 Å². The van der Waals surface area contributed by atoms with E-state index in [0.717, 1.165) is 0 Å². The predicted octanol–water partition coefficient (Wildman–Crippen LogP) is 2.36. The molecule has 114 valence electrons. The van der Waals surface area contributed by atoms with E-state index in [1.807, 2.05) is 11.4 Å². The van der Waals surface area contributed by atoms with E-state index in [0.29, 0.717) is 21.5 Å². The van der Waals surface area contributed by atoms with Crippen LogP contribution in [0.15, 0.2) is 46.8 Å². The number of hydrogen-bond acceptors (Lipinski definition) is 5. The molecule has 0 atom stereocenters. The molecule has 0 saturated heterocycles. The first-order chi connectivity index (χ1) is 11.2. The van der Waals surface area contributed by atoms with Gasteiger partial charge in [0.05, 0.1) is 23.3 Å². The van der Waals surface area contributed by atoms with Crippen LogP contribution in [0.5, 0.6) is 0 Å². The Kier molecular flexibility index (Phi) is 4.17. The van der Waals surface area contributed by atoms with Crippen LogP contribution in [0.25, 0.3) is 10.2 Å². The van der Waals surface area contributed by atoms with Crippen molar-refractivity contribution in [2.45, 2.75) is 13.0 Å². The number of thiophene rings is 1. The van der Waals surface area contributed by atoms with Crippen molar-refractivity contribution in [3.8, 4) is 6.07 Å². The van der Waals surface area contributed by atoms with Gasteiger partial charge in [0.15, 0.2) is 0 Å². The molecule has 2 aromatic heterocycles. The van der Waals surface area contributed by atoms with Crippen molar-refractivity contribution in [2.24, 2.45) is 0 Å². The zero-order valence-corrected chi connectivity index (χ0v) is 12.8. The average molecular weight is 324 g/mol. The molecule has 0 bridgehead atoms. The van der Waals surface area contributed by atoms with E-state index in [1.165, 1.54) is 22.2 Å². The van der Waals surface area contributed by atoms with Crippen molar-refractivity contribution >= 4 is 33.1 Å². The van der Waals surface area contributed by atoms with Crippen molar-refractivity contribution < 1.29 is 4.79 Å². The van der Waals surface area contributed by atoms with E-state index in [2.05, 4.69) is 10.3 Å². The highest BCUT2D eigenvalue weighted by Gasteiger charge is 2.08. The first-order valence-corrected chi connectivity index (χ1v) is 7.78. The Morgan fingerprint density at radius 1 is 1.39 bits per heavy atom. The van der Waals surface area contributed by atoms with Gasteiger partial charge in [0.1, 0.15) is 4.83 Å². The fourth-order valence-electron chi connectivity index (χ4n) is 2.16. The molecule has 23 heavy (non-hydrogen) atoms. The lowest BCUT2D eigenvalue weighted by Gasteiger charge is -2.07. The fraction of sp³-hybridized carbons (Fsp3) is 0.125. The molecule has 0 spiro atoms. The third-order valence-corrected chi connectivity index (χ3v) is 4.13. The van der Waals surface area contributed by atoms with Crippen molar-refractivity contribution in [3.05, 3.63) is 58.0 Å². The van der Waals surface area contributed by atoms with Crippen LogP contribution >= 0.6 is 11.3 Å². The van der Waals surface area contributed by atoms with Crippen LogP contribution in [0.1, 0.15) is 12.0 Å². The number of aromatic nitrogens is 2. The molecule has 0 fully saturated rings.